The van der Waals surface area contributed by atoms with Gasteiger partial charge in [0.25, 0.3) is 0 Å². The van der Waals surface area contributed by atoms with Gasteiger partial charge in [0.2, 0.25) is 5.91 Å². The highest BCUT2D eigenvalue weighted by Gasteiger charge is 2.15. The van der Waals surface area contributed by atoms with E-state index in [9.17, 15) is 9.59 Å². The molecule has 1 amide bonds. The number of anilines is 1. The maximum absolute atomic E-state index is 12.9. The number of para-hydroxylation sites is 3. The number of nitrogens with one attached hydrogen (secondary N) is 1. The van der Waals surface area contributed by atoms with Gasteiger partial charge >= 0.3 is 0 Å². The van der Waals surface area contributed by atoms with Gasteiger partial charge in [0.1, 0.15) is 17.8 Å². The zero-order chi connectivity index (χ0) is 20.7. The van der Waals surface area contributed by atoms with E-state index in [0.717, 1.165) is 21.3 Å². The van der Waals surface area contributed by atoms with Crippen molar-refractivity contribution in [1.82, 2.24) is 9.55 Å². The van der Waals surface area contributed by atoms with Crippen molar-refractivity contribution >= 4 is 54.4 Å². The number of hydrogen-bond donors (Lipinski definition) is 1. The molecule has 0 aliphatic heterocycles. The van der Waals surface area contributed by atoms with E-state index < -0.39 is 0 Å². The van der Waals surface area contributed by atoms with Crippen LogP contribution in [0, 0.1) is 0 Å². The number of thiazole rings is 1. The quantitative estimate of drug-likeness (QED) is 0.441. The first-order valence-electron chi connectivity index (χ1n) is 9.39. The van der Waals surface area contributed by atoms with Crippen LogP contribution < -0.4 is 15.5 Å². The fourth-order valence-corrected chi connectivity index (χ4v) is 4.59. The highest BCUT2D eigenvalue weighted by molar-refractivity contribution is 7.22. The van der Waals surface area contributed by atoms with Crippen LogP contribution in [0.25, 0.3) is 32.0 Å². The van der Waals surface area contributed by atoms with Gasteiger partial charge in [0.15, 0.2) is 10.6 Å². The van der Waals surface area contributed by atoms with Gasteiger partial charge in [0.05, 0.1) is 22.8 Å². The number of amides is 1. The first-order chi connectivity index (χ1) is 14.7. The van der Waals surface area contributed by atoms with E-state index in [-0.39, 0.29) is 17.9 Å². The van der Waals surface area contributed by atoms with Crippen molar-refractivity contribution in [2.24, 2.45) is 0 Å². The van der Waals surface area contributed by atoms with Crippen molar-refractivity contribution in [1.29, 1.82) is 0 Å². The summed E-state index contributed by atoms with van der Waals surface area (Å²) in [6.45, 7) is 0.0639. The number of aromatic nitrogens is 2. The summed E-state index contributed by atoms with van der Waals surface area (Å²) in [6.07, 6.45) is 0. The largest absolute Gasteiger partial charge is 0.494 e. The molecule has 0 atom stereocenters. The van der Waals surface area contributed by atoms with E-state index in [1.807, 2.05) is 59.2 Å². The van der Waals surface area contributed by atoms with Crippen LogP contribution in [0.15, 0.2) is 71.5 Å². The van der Waals surface area contributed by atoms with Crippen molar-refractivity contribution in [3.05, 3.63) is 77.0 Å². The molecule has 5 rings (SSSR count). The third-order valence-corrected chi connectivity index (χ3v) is 5.96. The minimum atomic E-state index is -0.216. The molecule has 6 nitrogen and oxygen atoms in total. The van der Waals surface area contributed by atoms with Gasteiger partial charge in [-0.25, -0.2) is 4.98 Å². The van der Waals surface area contributed by atoms with Gasteiger partial charge in [-0.15, -0.1) is 0 Å². The third-order valence-electron chi connectivity index (χ3n) is 5.03. The van der Waals surface area contributed by atoms with Gasteiger partial charge in [0, 0.05) is 10.8 Å². The van der Waals surface area contributed by atoms with Gasteiger partial charge in [-0.05, 0) is 36.4 Å². The Bertz CT molecular complexity index is 1430. The van der Waals surface area contributed by atoms with Crippen LogP contribution in [0.2, 0.25) is 0 Å². The molecule has 30 heavy (non-hydrogen) atoms. The van der Waals surface area contributed by atoms with Crippen LogP contribution in [0.1, 0.15) is 0 Å². The molecule has 148 valence electrons. The standard InChI is InChI=1S/C23H17N3O3S/c1-29-18-11-6-12-19-21(18)25-23(30-19)24-20(27)13-26-16-9-4-2-7-14(16)22(28)15-8-3-5-10-17(15)26/h2-12H,13H2,1H3,(H,24,25,27). The Kier molecular flexibility index (Phi) is 4.44. The molecule has 0 aliphatic carbocycles. The summed E-state index contributed by atoms with van der Waals surface area (Å²) in [5.41, 5.74) is 2.14. The highest BCUT2D eigenvalue weighted by atomic mass is 32.1. The van der Waals surface area contributed by atoms with Gasteiger partial charge in [-0.3, -0.25) is 9.59 Å². The molecule has 0 radical (unpaired) electrons. The number of benzene rings is 3. The number of rotatable bonds is 4. The zero-order valence-corrected chi connectivity index (χ0v) is 16.9. The molecule has 7 heteroatoms. The molecule has 2 heterocycles. The molecule has 0 spiro atoms. The fourth-order valence-electron chi connectivity index (χ4n) is 3.69. The number of pyridine rings is 1. The maximum atomic E-state index is 12.9. The number of carbonyl (C=O) groups is 1. The van der Waals surface area contributed by atoms with Crippen molar-refractivity contribution in [3.8, 4) is 5.75 Å². The first kappa shape index (κ1) is 18.3. The monoisotopic (exact) mass is 415 g/mol. The second-order valence-corrected chi connectivity index (χ2v) is 7.85. The molecular weight excluding hydrogens is 398 g/mol. The van der Waals surface area contributed by atoms with Crippen LogP contribution in [0.5, 0.6) is 5.75 Å². The first-order valence-corrected chi connectivity index (χ1v) is 10.2. The summed E-state index contributed by atoms with van der Waals surface area (Å²) in [6, 6.07) is 20.4. The number of carbonyl (C=O) groups excluding carboxylic acids is 1. The summed E-state index contributed by atoms with van der Waals surface area (Å²) in [5, 5.41) is 4.58. The van der Waals surface area contributed by atoms with E-state index in [1.54, 1.807) is 19.2 Å². The number of fused-ring (bicyclic) bond motifs is 3. The number of ether oxygens (including phenoxy) is 1. The van der Waals surface area contributed by atoms with Crippen molar-refractivity contribution in [2.75, 3.05) is 12.4 Å². The molecule has 1 N–H and O–H groups in total. The van der Waals surface area contributed by atoms with E-state index in [2.05, 4.69) is 10.3 Å². The van der Waals surface area contributed by atoms with Gasteiger partial charge < -0.3 is 14.6 Å². The smallest absolute Gasteiger partial charge is 0.246 e. The fraction of sp³-hybridized carbons (Fsp3) is 0.0870. The lowest BCUT2D eigenvalue weighted by molar-refractivity contribution is -0.116. The summed E-state index contributed by atoms with van der Waals surface area (Å²) >= 11 is 1.39. The molecule has 0 fully saturated rings. The molecule has 5 aromatic rings. The molecule has 0 bridgehead atoms. The molecule has 0 unspecified atom stereocenters. The summed E-state index contributed by atoms with van der Waals surface area (Å²) in [5.74, 6) is 0.452. The van der Waals surface area contributed by atoms with Crippen LogP contribution in [-0.4, -0.2) is 22.6 Å². The minimum absolute atomic E-state index is 0.0314. The summed E-state index contributed by atoms with van der Waals surface area (Å²) in [7, 11) is 1.60. The molecule has 2 aromatic heterocycles. The zero-order valence-electron chi connectivity index (χ0n) is 16.1. The summed E-state index contributed by atoms with van der Waals surface area (Å²) in [4.78, 5) is 30.3. The Labute approximate surface area is 175 Å². The van der Waals surface area contributed by atoms with Gasteiger partial charge in [-0.1, -0.05) is 41.7 Å². The van der Waals surface area contributed by atoms with Crippen molar-refractivity contribution in [3.63, 3.8) is 0 Å². The van der Waals surface area contributed by atoms with Crippen LogP contribution in [0.3, 0.4) is 0 Å². The van der Waals surface area contributed by atoms with E-state index in [1.165, 1.54) is 11.3 Å². The average Bonchev–Trinajstić information content (AvgIpc) is 3.19. The van der Waals surface area contributed by atoms with Crippen LogP contribution >= 0.6 is 11.3 Å². The molecule has 0 saturated heterocycles. The number of nitrogens with zero attached hydrogens (tertiary/aromatic N) is 2. The Morgan fingerprint density at radius 1 is 1.00 bits per heavy atom. The molecule has 0 saturated carbocycles. The number of methoxy groups -OCH3 is 1. The molecule has 0 aliphatic rings. The second kappa shape index (κ2) is 7.27. The lowest BCUT2D eigenvalue weighted by Crippen LogP contribution is -2.21. The van der Waals surface area contributed by atoms with Gasteiger partial charge in [-0.2, -0.15) is 0 Å². The Morgan fingerprint density at radius 3 is 2.33 bits per heavy atom. The Balaban J connectivity index is 1.55. The van der Waals surface area contributed by atoms with Crippen LogP contribution in [0.4, 0.5) is 5.13 Å². The normalized spacial score (nSPS) is 11.2. The maximum Gasteiger partial charge on any atom is 0.246 e. The lowest BCUT2D eigenvalue weighted by Gasteiger charge is -2.14. The molecular formula is C23H17N3O3S. The predicted octanol–water partition coefficient (Wildman–Crippen LogP) is 4.41. The lowest BCUT2D eigenvalue weighted by atomic mass is 10.1. The predicted molar refractivity (Wildman–Crippen MR) is 121 cm³/mol. The third kappa shape index (κ3) is 3.00. The van der Waals surface area contributed by atoms with E-state index in [4.69, 9.17) is 4.74 Å². The van der Waals surface area contributed by atoms with Crippen LogP contribution in [-0.2, 0) is 11.3 Å². The SMILES string of the molecule is COc1cccc2sc(NC(=O)Cn3c4ccccc4c(=O)c4ccccc43)nc12. The second-order valence-electron chi connectivity index (χ2n) is 6.82. The average molecular weight is 415 g/mol. The minimum Gasteiger partial charge on any atom is -0.494 e. The Morgan fingerprint density at radius 2 is 1.67 bits per heavy atom. The van der Waals surface area contributed by atoms with Crippen molar-refractivity contribution in [2.45, 2.75) is 6.54 Å². The highest BCUT2D eigenvalue weighted by Crippen LogP contribution is 2.32. The van der Waals surface area contributed by atoms with E-state index >= 15 is 0 Å². The topological polar surface area (TPSA) is 73.2 Å². The Hall–Kier alpha value is -3.71. The molecule has 3 aromatic carbocycles. The number of hydrogen-bond acceptors (Lipinski definition) is 5. The van der Waals surface area contributed by atoms with Crippen molar-refractivity contribution < 1.29 is 9.53 Å². The summed E-state index contributed by atoms with van der Waals surface area (Å²) < 4.78 is 8.15. The van der Waals surface area contributed by atoms with E-state index in [0.29, 0.717) is 21.7 Å².